The molecule has 0 saturated carbocycles. The number of hydrogen-bond acceptors (Lipinski definition) is 5. The summed E-state index contributed by atoms with van der Waals surface area (Å²) in [4.78, 5) is 0. The zero-order valence-corrected chi connectivity index (χ0v) is 12.9. The summed E-state index contributed by atoms with van der Waals surface area (Å²) < 4.78 is 27.2. The number of ether oxygens (including phenoxy) is 2. The van der Waals surface area contributed by atoms with Gasteiger partial charge in [0.2, 0.25) is 0 Å². The van der Waals surface area contributed by atoms with E-state index in [9.17, 15) is 0 Å². The first-order valence-electron chi connectivity index (χ1n) is 6.68. The maximum atomic E-state index is 5.70. The molecule has 1 aliphatic heterocycles. The molecule has 0 aromatic heterocycles. The lowest BCUT2D eigenvalue weighted by Gasteiger charge is -2.26. The van der Waals surface area contributed by atoms with Crippen LogP contribution in [0.25, 0.3) is 0 Å². The van der Waals surface area contributed by atoms with Crippen LogP contribution in [0.4, 0.5) is 0 Å². The van der Waals surface area contributed by atoms with Crippen molar-refractivity contribution in [3.8, 4) is 0 Å². The second-order valence-corrected chi connectivity index (χ2v) is 7.51. The summed E-state index contributed by atoms with van der Waals surface area (Å²) in [6.07, 6.45) is 4.77. The quantitative estimate of drug-likeness (QED) is 0.251. The highest BCUT2D eigenvalue weighted by atomic mass is 28.4. The fraction of sp³-hybridized carbons (Fsp3) is 1.00. The Bertz CT molecular complexity index is 223. The summed E-state index contributed by atoms with van der Waals surface area (Å²) >= 11 is 0. The van der Waals surface area contributed by atoms with E-state index < -0.39 is 8.80 Å². The van der Waals surface area contributed by atoms with Gasteiger partial charge in [-0.15, -0.1) is 0 Å². The molecular formula is C12H26O5Si. The molecule has 0 aromatic carbocycles. The van der Waals surface area contributed by atoms with Crippen LogP contribution in [0.3, 0.4) is 0 Å². The van der Waals surface area contributed by atoms with Crippen molar-refractivity contribution in [3.05, 3.63) is 0 Å². The molecule has 1 heterocycles. The molecule has 1 saturated heterocycles. The van der Waals surface area contributed by atoms with E-state index in [2.05, 4.69) is 6.92 Å². The van der Waals surface area contributed by atoms with Crippen LogP contribution in [0.5, 0.6) is 0 Å². The summed E-state index contributed by atoms with van der Waals surface area (Å²) in [7, 11) is 0.754. The van der Waals surface area contributed by atoms with E-state index in [-0.39, 0.29) is 19.2 Å². The molecule has 2 atom stereocenters. The molecular weight excluding hydrogens is 252 g/mol. The predicted octanol–water partition coefficient (Wildman–Crippen LogP) is 2.53. The van der Waals surface area contributed by atoms with E-state index >= 15 is 0 Å². The molecule has 0 bridgehead atoms. The van der Waals surface area contributed by atoms with Gasteiger partial charge in [-0.1, -0.05) is 26.2 Å². The Morgan fingerprint density at radius 2 is 1.78 bits per heavy atom. The normalized spacial score (nSPS) is 23.3. The van der Waals surface area contributed by atoms with Gasteiger partial charge in [-0.05, 0) is 13.3 Å². The van der Waals surface area contributed by atoms with Gasteiger partial charge in [-0.2, -0.15) is 0 Å². The van der Waals surface area contributed by atoms with E-state index in [4.69, 9.17) is 22.8 Å². The molecule has 1 fully saturated rings. The highest BCUT2D eigenvalue weighted by Crippen LogP contribution is 2.23. The minimum Gasteiger partial charge on any atom is -0.377 e. The van der Waals surface area contributed by atoms with Crippen molar-refractivity contribution in [1.82, 2.24) is 0 Å². The van der Waals surface area contributed by atoms with Gasteiger partial charge in [-0.25, -0.2) is 0 Å². The van der Waals surface area contributed by atoms with E-state index in [1.54, 1.807) is 14.2 Å². The van der Waals surface area contributed by atoms with E-state index in [0.717, 1.165) is 12.5 Å². The maximum absolute atomic E-state index is 5.70. The Labute approximate surface area is 111 Å². The van der Waals surface area contributed by atoms with Crippen LogP contribution in [0, 0.1) is 0 Å². The largest absolute Gasteiger partial charge is 0.502 e. The molecule has 6 heteroatoms. The van der Waals surface area contributed by atoms with Gasteiger partial charge in [0.15, 0.2) is 6.29 Å². The Hall–Kier alpha value is 0.0169. The fourth-order valence-electron chi connectivity index (χ4n) is 1.78. The minimum absolute atomic E-state index is 0.120. The van der Waals surface area contributed by atoms with Crippen LogP contribution in [0.15, 0.2) is 0 Å². The Balaban J connectivity index is 2.21. The second kappa shape index (κ2) is 8.24. The van der Waals surface area contributed by atoms with Gasteiger partial charge >= 0.3 is 8.80 Å². The number of rotatable bonds is 11. The van der Waals surface area contributed by atoms with Crippen molar-refractivity contribution in [2.75, 3.05) is 21.0 Å². The second-order valence-electron chi connectivity index (χ2n) is 4.54. The van der Waals surface area contributed by atoms with Crippen LogP contribution >= 0.6 is 0 Å². The molecule has 5 nitrogen and oxygen atoms in total. The smallest absolute Gasteiger partial charge is 0.377 e. The van der Waals surface area contributed by atoms with Crippen molar-refractivity contribution in [2.45, 2.75) is 58.0 Å². The van der Waals surface area contributed by atoms with Gasteiger partial charge in [0.1, 0.15) is 12.9 Å². The summed E-state index contributed by atoms with van der Waals surface area (Å²) in [5.41, 5.74) is 0. The monoisotopic (exact) mass is 278 g/mol. The number of unbranched alkanes of at least 4 members (excludes halogenated alkanes) is 3. The molecule has 0 aliphatic carbocycles. The molecule has 2 unspecified atom stereocenters. The van der Waals surface area contributed by atoms with Crippen molar-refractivity contribution < 1.29 is 22.8 Å². The Morgan fingerprint density at radius 1 is 1.11 bits per heavy atom. The molecule has 0 spiro atoms. The molecule has 108 valence electrons. The zero-order valence-electron chi connectivity index (χ0n) is 11.9. The van der Waals surface area contributed by atoms with Crippen molar-refractivity contribution >= 4 is 8.80 Å². The molecule has 0 N–H and O–H groups in total. The Kier molecular flexibility index (Phi) is 7.36. The van der Waals surface area contributed by atoms with E-state index in [1.165, 1.54) is 19.3 Å². The molecule has 18 heavy (non-hydrogen) atoms. The average molecular weight is 278 g/mol. The summed E-state index contributed by atoms with van der Waals surface area (Å²) in [6, 6.07) is 0.838. The number of epoxide rings is 1. The average Bonchev–Trinajstić information content (AvgIpc) is 3.08. The highest BCUT2D eigenvalue weighted by Gasteiger charge is 2.40. The van der Waals surface area contributed by atoms with Crippen LogP contribution in [-0.4, -0.2) is 42.2 Å². The molecule has 0 amide bonds. The van der Waals surface area contributed by atoms with Crippen molar-refractivity contribution in [3.63, 3.8) is 0 Å². The SMILES string of the molecule is CCCCCC[Si](OC)(OC)OCOC1OC1C. The van der Waals surface area contributed by atoms with Crippen molar-refractivity contribution in [1.29, 1.82) is 0 Å². The standard InChI is InChI=1S/C12H26O5Si/c1-5-6-7-8-9-18(13-3,14-4)16-10-15-12-11(2)17-12/h11-12H,5-10H2,1-4H3. The van der Waals surface area contributed by atoms with Crippen LogP contribution < -0.4 is 0 Å². The minimum atomic E-state index is -2.54. The van der Waals surface area contributed by atoms with Crippen molar-refractivity contribution in [2.24, 2.45) is 0 Å². The third kappa shape index (κ3) is 5.34. The predicted molar refractivity (Wildman–Crippen MR) is 70.1 cm³/mol. The summed E-state index contributed by atoms with van der Waals surface area (Å²) in [6.45, 7) is 4.34. The van der Waals surface area contributed by atoms with Gasteiger partial charge in [-0.3, -0.25) is 0 Å². The summed E-state index contributed by atoms with van der Waals surface area (Å²) in [5.74, 6) is 0. The zero-order chi connectivity index (χ0) is 13.4. The number of hydrogen-bond donors (Lipinski definition) is 0. The molecule has 0 aromatic rings. The van der Waals surface area contributed by atoms with Gasteiger partial charge in [0, 0.05) is 20.3 Å². The molecule has 1 aliphatic rings. The van der Waals surface area contributed by atoms with E-state index in [0.29, 0.717) is 0 Å². The summed E-state index contributed by atoms with van der Waals surface area (Å²) in [5, 5.41) is 0. The third-order valence-corrected chi connectivity index (χ3v) is 5.89. The first kappa shape index (κ1) is 16.1. The molecule has 1 rings (SSSR count). The lowest BCUT2D eigenvalue weighted by atomic mass is 10.2. The van der Waals surface area contributed by atoms with Gasteiger partial charge in [0.05, 0.1) is 0 Å². The van der Waals surface area contributed by atoms with Crippen LogP contribution in [0.1, 0.15) is 39.5 Å². The maximum Gasteiger partial charge on any atom is 0.502 e. The lowest BCUT2D eigenvalue weighted by molar-refractivity contribution is -0.0669. The van der Waals surface area contributed by atoms with E-state index in [1.807, 2.05) is 6.92 Å². The van der Waals surface area contributed by atoms with Crippen LogP contribution in [-0.2, 0) is 22.8 Å². The molecule has 0 radical (unpaired) electrons. The highest BCUT2D eigenvalue weighted by molar-refractivity contribution is 6.60. The lowest BCUT2D eigenvalue weighted by Crippen LogP contribution is -2.44. The topological polar surface area (TPSA) is 49.5 Å². The van der Waals surface area contributed by atoms with Gasteiger partial charge < -0.3 is 22.8 Å². The Morgan fingerprint density at radius 3 is 2.28 bits per heavy atom. The van der Waals surface area contributed by atoms with Gasteiger partial charge in [0.25, 0.3) is 0 Å². The fourth-order valence-corrected chi connectivity index (χ4v) is 3.66. The third-order valence-electron chi connectivity index (χ3n) is 3.13. The first-order chi connectivity index (χ1) is 8.67. The van der Waals surface area contributed by atoms with Crippen LogP contribution in [0.2, 0.25) is 6.04 Å². The first-order valence-corrected chi connectivity index (χ1v) is 8.62.